The minimum Gasteiger partial charge on any atom is -0.480 e. The highest BCUT2D eigenvalue weighted by atomic mass is 16.4. The summed E-state index contributed by atoms with van der Waals surface area (Å²) in [5.41, 5.74) is 4.32. The van der Waals surface area contributed by atoms with Gasteiger partial charge in [-0.1, -0.05) is 12.1 Å². The van der Waals surface area contributed by atoms with Crippen LogP contribution in [0.2, 0.25) is 0 Å². The number of hydrogen-bond acceptors (Lipinski definition) is 2. The Balaban J connectivity index is 2.71. The molecule has 0 unspecified atom stereocenters. The second kappa shape index (κ2) is 5.48. The van der Waals surface area contributed by atoms with Crippen molar-refractivity contribution in [3.63, 3.8) is 0 Å². The maximum absolute atomic E-state index is 11.5. The molecule has 0 atom stereocenters. The van der Waals surface area contributed by atoms with Gasteiger partial charge in [0.15, 0.2) is 0 Å². The molecule has 2 N–H and O–H groups in total. The number of aliphatic carboxylic acids is 1. The van der Waals surface area contributed by atoms with Crippen molar-refractivity contribution >= 4 is 11.9 Å². The zero-order chi connectivity index (χ0) is 13.0. The fourth-order valence-electron chi connectivity index (χ4n) is 1.62. The molecule has 0 spiro atoms. The van der Waals surface area contributed by atoms with E-state index in [1.807, 2.05) is 32.9 Å². The second-order valence-electron chi connectivity index (χ2n) is 4.21. The van der Waals surface area contributed by atoms with Crippen LogP contribution in [0.5, 0.6) is 0 Å². The second-order valence-corrected chi connectivity index (χ2v) is 4.21. The van der Waals surface area contributed by atoms with Crippen molar-refractivity contribution in [2.75, 3.05) is 6.54 Å². The van der Waals surface area contributed by atoms with Crippen molar-refractivity contribution < 1.29 is 14.7 Å². The van der Waals surface area contributed by atoms with E-state index in [4.69, 9.17) is 5.11 Å². The van der Waals surface area contributed by atoms with Gasteiger partial charge < -0.3 is 10.4 Å². The van der Waals surface area contributed by atoms with E-state index in [1.165, 1.54) is 5.56 Å². The number of carbonyl (C=O) groups is 2. The minimum atomic E-state index is -1.03. The van der Waals surface area contributed by atoms with Gasteiger partial charge in [0.05, 0.1) is 6.42 Å². The van der Waals surface area contributed by atoms with Gasteiger partial charge in [0.1, 0.15) is 6.54 Å². The zero-order valence-corrected chi connectivity index (χ0v) is 10.3. The summed E-state index contributed by atoms with van der Waals surface area (Å²) in [6, 6.07) is 4.01. The Labute approximate surface area is 101 Å². The molecule has 4 nitrogen and oxygen atoms in total. The molecule has 0 radical (unpaired) electrons. The highest BCUT2D eigenvalue weighted by Crippen LogP contribution is 2.15. The molecule has 0 saturated carbocycles. The third kappa shape index (κ3) is 3.90. The highest BCUT2D eigenvalue weighted by molar-refractivity contribution is 5.83. The molecule has 1 amide bonds. The largest absolute Gasteiger partial charge is 0.480 e. The summed E-state index contributed by atoms with van der Waals surface area (Å²) in [5.74, 6) is -1.30. The minimum absolute atomic E-state index is 0.222. The van der Waals surface area contributed by atoms with E-state index in [2.05, 4.69) is 5.32 Å². The van der Waals surface area contributed by atoms with Crippen LogP contribution in [-0.2, 0) is 16.0 Å². The molecule has 0 heterocycles. The van der Waals surface area contributed by atoms with E-state index in [9.17, 15) is 9.59 Å². The fourth-order valence-corrected chi connectivity index (χ4v) is 1.62. The first-order chi connectivity index (χ1) is 7.90. The van der Waals surface area contributed by atoms with Gasteiger partial charge in [-0.25, -0.2) is 0 Å². The van der Waals surface area contributed by atoms with Gasteiger partial charge in [0, 0.05) is 0 Å². The van der Waals surface area contributed by atoms with E-state index in [1.54, 1.807) is 0 Å². The van der Waals surface area contributed by atoms with Crippen LogP contribution in [0.4, 0.5) is 0 Å². The van der Waals surface area contributed by atoms with Crippen molar-refractivity contribution in [1.82, 2.24) is 5.32 Å². The third-order valence-electron chi connectivity index (χ3n) is 2.74. The first kappa shape index (κ1) is 13.2. The Morgan fingerprint density at radius 3 is 2.29 bits per heavy atom. The number of benzene rings is 1. The van der Waals surface area contributed by atoms with Crippen LogP contribution in [0.1, 0.15) is 22.3 Å². The topological polar surface area (TPSA) is 66.4 Å². The van der Waals surface area contributed by atoms with Crippen LogP contribution in [0.3, 0.4) is 0 Å². The lowest BCUT2D eigenvalue weighted by Crippen LogP contribution is -2.30. The van der Waals surface area contributed by atoms with Gasteiger partial charge >= 0.3 is 5.97 Å². The Bertz CT molecular complexity index is 452. The lowest BCUT2D eigenvalue weighted by molar-refractivity contribution is -0.137. The molecule has 92 valence electrons. The SMILES string of the molecule is Cc1cc(C)c(CC(=O)NCC(=O)O)cc1C. The Morgan fingerprint density at radius 1 is 1.12 bits per heavy atom. The summed E-state index contributed by atoms with van der Waals surface area (Å²) >= 11 is 0. The van der Waals surface area contributed by atoms with Crippen LogP contribution < -0.4 is 5.32 Å². The molecule has 0 fully saturated rings. The predicted molar refractivity (Wildman–Crippen MR) is 65.0 cm³/mol. The molecule has 1 rings (SSSR count). The molecule has 0 aliphatic rings. The lowest BCUT2D eigenvalue weighted by atomic mass is 9.98. The van der Waals surface area contributed by atoms with Crippen molar-refractivity contribution in [2.45, 2.75) is 27.2 Å². The van der Waals surface area contributed by atoms with Gasteiger partial charge in [-0.2, -0.15) is 0 Å². The highest BCUT2D eigenvalue weighted by Gasteiger charge is 2.08. The Morgan fingerprint density at radius 2 is 1.71 bits per heavy atom. The maximum atomic E-state index is 11.5. The van der Waals surface area contributed by atoms with E-state index >= 15 is 0 Å². The number of hydrogen-bond donors (Lipinski definition) is 2. The number of carbonyl (C=O) groups excluding carboxylic acids is 1. The number of nitrogens with one attached hydrogen (secondary N) is 1. The number of carboxylic acids is 1. The smallest absolute Gasteiger partial charge is 0.322 e. The Kier molecular flexibility index (Phi) is 4.26. The van der Waals surface area contributed by atoms with Crippen LogP contribution in [0, 0.1) is 20.8 Å². The number of carboxylic acid groups (broad SMARTS) is 1. The molecular formula is C13H17NO3. The van der Waals surface area contributed by atoms with Crippen LogP contribution in [0.15, 0.2) is 12.1 Å². The van der Waals surface area contributed by atoms with Gasteiger partial charge in [-0.05, 0) is 43.0 Å². The zero-order valence-electron chi connectivity index (χ0n) is 10.3. The molecule has 0 saturated heterocycles. The predicted octanol–water partition coefficient (Wildman–Crippen LogP) is 1.36. The van der Waals surface area contributed by atoms with Gasteiger partial charge in [0.2, 0.25) is 5.91 Å². The van der Waals surface area contributed by atoms with E-state index in [0.29, 0.717) is 0 Å². The maximum Gasteiger partial charge on any atom is 0.322 e. The summed E-state index contributed by atoms with van der Waals surface area (Å²) in [6.45, 7) is 5.64. The van der Waals surface area contributed by atoms with E-state index in [0.717, 1.165) is 16.7 Å². The van der Waals surface area contributed by atoms with Crippen molar-refractivity contribution in [3.8, 4) is 0 Å². The molecule has 4 heteroatoms. The lowest BCUT2D eigenvalue weighted by Gasteiger charge is -2.09. The van der Waals surface area contributed by atoms with E-state index in [-0.39, 0.29) is 18.9 Å². The summed E-state index contributed by atoms with van der Waals surface area (Å²) in [5, 5.41) is 10.8. The van der Waals surface area contributed by atoms with Crippen molar-refractivity contribution in [3.05, 3.63) is 34.4 Å². The molecule has 0 aliphatic carbocycles. The molecular weight excluding hydrogens is 218 g/mol. The quantitative estimate of drug-likeness (QED) is 0.828. The molecule has 0 aliphatic heterocycles. The number of aryl methyl sites for hydroxylation is 3. The molecule has 0 aromatic heterocycles. The molecule has 1 aromatic carbocycles. The van der Waals surface area contributed by atoms with Crippen molar-refractivity contribution in [2.24, 2.45) is 0 Å². The summed E-state index contributed by atoms with van der Waals surface area (Å²) < 4.78 is 0. The normalized spacial score (nSPS) is 10.1. The number of rotatable bonds is 4. The van der Waals surface area contributed by atoms with Crippen LogP contribution >= 0.6 is 0 Å². The summed E-state index contributed by atoms with van der Waals surface area (Å²) in [6.07, 6.45) is 0.222. The van der Waals surface area contributed by atoms with Gasteiger partial charge in [-0.3, -0.25) is 9.59 Å². The monoisotopic (exact) mass is 235 g/mol. The standard InChI is InChI=1S/C13H17NO3/c1-8-4-10(3)11(5-9(8)2)6-12(15)14-7-13(16)17/h4-5H,6-7H2,1-3H3,(H,14,15)(H,16,17). The third-order valence-corrected chi connectivity index (χ3v) is 2.74. The Hall–Kier alpha value is -1.84. The van der Waals surface area contributed by atoms with Crippen LogP contribution in [-0.4, -0.2) is 23.5 Å². The van der Waals surface area contributed by atoms with Gasteiger partial charge in [-0.15, -0.1) is 0 Å². The van der Waals surface area contributed by atoms with Gasteiger partial charge in [0.25, 0.3) is 0 Å². The molecule has 1 aromatic rings. The molecule has 17 heavy (non-hydrogen) atoms. The molecule has 0 bridgehead atoms. The average molecular weight is 235 g/mol. The average Bonchev–Trinajstić information content (AvgIpc) is 2.23. The first-order valence-electron chi connectivity index (χ1n) is 5.45. The van der Waals surface area contributed by atoms with E-state index < -0.39 is 5.97 Å². The first-order valence-corrected chi connectivity index (χ1v) is 5.45. The fraction of sp³-hybridized carbons (Fsp3) is 0.385. The van der Waals surface area contributed by atoms with Crippen LogP contribution in [0.25, 0.3) is 0 Å². The number of amides is 1. The summed E-state index contributed by atoms with van der Waals surface area (Å²) in [4.78, 5) is 21.8. The van der Waals surface area contributed by atoms with Crippen molar-refractivity contribution in [1.29, 1.82) is 0 Å². The summed E-state index contributed by atoms with van der Waals surface area (Å²) in [7, 11) is 0.